The molecule has 2 nitrogen and oxygen atoms in total. The molecule has 2 fully saturated rings. The second-order valence-corrected chi connectivity index (χ2v) is 9.71. The van der Waals surface area contributed by atoms with Crippen LogP contribution >= 0.6 is 0 Å². The van der Waals surface area contributed by atoms with Gasteiger partial charge in [-0.05, 0) is 60.5 Å². The summed E-state index contributed by atoms with van der Waals surface area (Å²) < 4.78 is 0. The zero-order valence-corrected chi connectivity index (χ0v) is 18.0. The molecule has 2 heteroatoms. The number of phenols is 2. The summed E-state index contributed by atoms with van der Waals surface area (Å²) in [5.41, 5.74) is 6.86. The van der Waals surface area contributed by atoms with Gasteiger partial charge in [-0.2, -0.15) is 0 Å². The van der Waals surface area contributed by atoms with Crippen molar-refractivity contribution in [2.75, 3.05) is 0 Å². The fourth-order valence-electron chi connectivity index (χ4n) is 4.51. The molecule has 0 radical (unpaired) electrons. The normalized spacial score (nSPS) is 19.1. The lowest BCUT2D eigenvalue weighted by atomic mass is 9.82. The first-order valence-electron chi connectivity index (χ1n) is 10.9. The van der Waals surface area contributed by atoms with Gasteiger partial charge in [0.15, 0.2) is 0 Å². The van der Waals surface area contributed by atoms with Gasteiger partial charge in [-0.1, -0.05) is 58.9 Å². The van der Waals surface area contributed by atoms with Crippen LogP contribution < -0.4 is 0 Å². The maximum Gasteiger partial charge on any atom is 0.123 e. The van der Waals surface area contributed by atoms with Gasteiger partial charge in [0.05, 0.1) is 0 Å². The van der Waals surface area contributed by atoms with Crippen molar-refractivity contribution in [1.82, 2.24) is 0 Å². The van der Waals surface area contributed by atoms with Crippen molar-refractivity contribution in [3.63, 3.8) is 0 Å². The summed E-state index contributed by atoms with van der Waals surface area (Å²) in [5, 5.41) is 22.4. The highest BCUT2D eigenvalue weighted by Crippen LogP contribution is 2.55. The molecule has 0 unspecified atom stereocenters. The van der Waals surface area contributed by atoms with Crippen LogP contribution in [0.5, 0.6) is 11.5 Å². The minimum absolute atomic E-state index is 0.0415. The highest BCUT2D eigenvalue weighted by Gasteiger charge is 2.43. The predicted octanol–water partition coefficient (Wildman–Crippen LogP) is 6.48. The minimum Gasteiger partial charge on any atom is -0.507 e. The fourth-order valence-corrected chi connectivity index (χ4v) is 4.51. The maximum absolute atomic E-state index is 11.2. The first-order chi connectivity index (χ1) is 13.2. The molecule has 0 bridgehead atoms. The lowest BCUT2D eigenvalue weighted by Gasteiger charge is -2.24. The molecule has 2 aromatic carbocycles. The third-order valence-electron chi connectivity index (χ3n) is 7.45. The van der Waals surface area contributed by atoms with Crippen molar-refractivity contribution in [2.24, 2.45) is 0 Å². The van der Waals surface area contributed by atoms with Crippen LogP contribution in [0.25, 0.3) is 0 Å². The van der Waals surface area contributed by atoms with E-state index in [0.29, 0.717) is 11.5 Å². The van der Waals surface area contributed by atoms with E-state index in [1.165, 1.54) is 11.1 Å². The number of benzene rings is 2. The van der Waals surface area contributed by atoms with Crippen LogP contribution in [0.15, 0.2) is 24.3 Å². The van der Waals surface area contributed by atoms with Gasteiger partial charge in [0.1, 0.15) is 11.5 Å². The van der Waals surface area contributed by atoms with Crippen LogP contribution in [-0.2, 0) is 23.7 Å². The van der Waals surface area contributed by atoms with Gasteiger partial charge >= 0.3 is 0 Å². The average molecular weight is 379 g/mol. The molecular weight excluding hydrogens is 344 g/mol. The molecule has 0 amide bonds. The van der Waals surface area contributed by atoms with Crippen LogP contribution in [0.2, 0.25) is 0 Å². The Labute approximate surface area is 169 Å². The summed E-state index contributed by atoms with van der Waals surface area (Å²) in [7, 11) is 0. The van der Waals surface area contributed by atoms with E-state index < -0.39 is 0 Å². The van der Waals surface area contributed by atoms with E-state index in [-0.39, 0.29) is 16.7 Å². The summed E-state index contributed by atoms with van der Waals surface area (Å²) in [4.78, 5) is 0. The average Bonchev–Trinajstić information content (AvgIpc) is 3.61. The Kier molecular flexibility index (Phi) is 4.52. The molecule has 2 saturated carbocycles. The fraction of sp³-hybridized carbons (Fsp3) is 0.538. The van der Waals surface area contributed by atoms with Crippen molar-refractivity contribution in [3.05, 3.63) is 57.6 Å². The van der Waals surface area contributed by atoms with Crippen molar-refractivity contribution >= 4 is 0 Å². The van der Waals surface area contributed by atoms with Crippen LogP contribution in [0.1, 0.15) is 99.6 Å². The van der Waals surface area contributed by atoms with Gasteiger partial charge in [0, 0.05) is 28.2 Å². The molecule has 2 N–H and O–H groups in total. The Balaban J connectivity index is 1.85. The Hall–Kier alpha value is -1.96. The van der Waals surface area contributed by atoms with Gasteiger partial charge in [-0.3, -0.25) is 0 Å². The van der Waals surface area contributed by atoms with Crippen molar-refractivity contribution in [1.29, 1.82) is 0 Å². The molecule has 0 heterocycles. The molecule has 0 saturated heterocycles. The summed E-state index contributed by atoms with van der Waals surface area (Å²) in [6.07, 6.45) is 6.46. The monoisotopic (exact) mass is 378 g/mol. The number of hydrogen-bond donors (Lipinski definition) is 2. The second kappa shape index (κ2) is 6.54. The molecule has 28 heavy (non-hydrogen) atoms. The molecule has 2 aromatic rings. The summed E-state index contributed by atoms with van der Waals surface area (Å²) in [5.74, 6) is 0.829. The predicted molar refractivity (Wildman–Crippen MR) is 116 cm³/mol. The van der Waals surface area contributed by atoms with Gasteiger partial charge in [-0.15, -0.1) is 0 Å². The lowest BCUT2D eigenvalue weighted by molar-refractivity contribution is 0.443. The van der Waals surface area contributed by atoms with E-state index in [9.17, 15) is 10.2 Å². The smallest absolute Gasteiger partial charge is 0.123 e. The summed E-state index contributed by atoms with van der Waals surface area (Å²) >= 11 is 0. The third-order valence-corrected chi connectivity index (χ3v) is 7.45. The Morgan fingerprint density at radius 2 is 1.11 bits per heavy atom. The SMILES string of the molecule is CCc1cc(C(C)c2cc(CC)cc(C3(C)CC3)c2O)c(O)c(C2(C)CC2)c1. The van der Waals surface area contributed by atoms with Crippen LogP contribution in [0, 0.1) is 0 Å². The molecule has 0 spiro atoms. The number of hydrogen-bond acceptors (Lipinski definition) is 2. The first kappa shape index (κ1) is 19.4. The number of rotatable bonds is 6. The van der Waals surface area contributed by atoms with Gasteiger partial charge in [0.25, 0.3) is 0 Å². The van der Waals surface area contributed by atoms with Gasteiger partial charge in [0.2, 0.25) is 0 Å². The van der Waals surface area contributed by atoms with E-state index >= 15 is 0 Å². The van der Waals surface area contributed by atoms with Crippen LogP contribution in [0.3, 0.4) is 0 Å². The Morgan fingerprint density at radius 1 is 0.750 bits per heavy atom. The van der Waals surface area contributed by atoms with Gasteiger partial charge in [-0.25, -0.2) is 0 Å². The number of phenolic OH excluding ortho intramolecular Hbond substituents is 2. The van der Waals surface area contributed by atoms with Crippen LogP contribution in [-0.4, -0.2) is 10.2 Å². The minimum atomic E-state index is -0.0415. The van der Waals surface area contributed by atoms with Crippen molar-refractivity contribution in [2.45, 2.75) is 89.9 Å². The quantitative estimate of drug-likeness (QED) is 0.604. The Bertz CT molecular complexity index is 841. The zero-order chi connectivity index (χ0) is 20.3. The summed E-state index contributed by atoms with van der Waals surface area (Å²) in [6, 6.07) is 8.67. The van der Waals surface area contributed by atoms with Crippen molar-refractivity contribution in [3.8, 4) is 11.5 Å². The molecule has 0 atom stereocenters. The van der Waals surface area contributed by atoms with E-state index in [0.717, 1.165) is 60.8 Å². The van der Waals surface area contributed by atoms with E-state index in [4.69, 9.17) is 0 Å². The molecule has 4 rings (SSSR count). The highest BCUT2D eigenvalue weighted by molar-refractivity contribution is 5.57. The zero-order valence-electron chi connectivity index (χ0n) is 18.0. The standard InChI is InChI=1S/C26H34O2/c1-6-17-12-19(23(27)21(14-17)25(4)8-9-25)16(3)20-13-18(7-2)15-22(24(20)28)26(5)10-11-26/h12-16,27-28H,6-11H2,1-5H3. The molecule has 0 aromatic heterocycles. The Morgan fingerprint density at radius 3 is 1.39 bits per heavy atom. The largest absolute Gasteiger partial charge is 0.507 e. The van der Waals surface area contributed by atoms with Crippen LogP contribution in [0.4, 0.5) is 0 Å². The van der Waals surface area contributed by atoms with E-state index in [1.54, 1.807) is 0 Å². The lowest BCUT2D eigenvalue weighted by Crippen LogP contribution is -2.09. The summed E-state index contributed by atoms with van der Waals surface area (Å²) in [6.45, 7) is 11.0. The van der Waals surface area contributed by atoms with Gasteiger partial charge < -0.3 is 10.2 Å². The molecule has 0 aliphatic heterocycles. The molecular formula is C26H34O2. The highest BCUT2D eigenvalue weighted by atomic mass is 16.3. The maximum atomic E-state index is 11.2. The molecule has 2 aliphatic rings. The first-order valence-corrected chi connectivity index (χ1v) is 10.9. The third kappa shape index (κ3) is 3.11. The van der Waals surface area contributed by atoms with E-state index in [1.807, 2.05) is 0 Å². The van der Waals surface area contributed by atoms with E-state index in [2.05, 4.69) is 58.9 Å². The second-order valence-electron chi connectivity index (χ2n) is 9.71. The molecule has 2 aliphatic carbocycles. The van der Waals surface area contributed by atoms with Crippen molar-refractivity contribution < 1.29 is 10.2 Å². The molecule has 150 valence electrons. The number of aromatic hydroxyl groups is 2. The topological polar surface area (TPSA) is 40.5 Å². The number of aryl methyl sites for hydroxylation is 2.